The monoisotopic (exact) mass is 260 g/mol. The van der Waals surface area contributed by atoms with Crippen molar-refractivity contribution in [3.63, 3.8) is 0 Å². The smallest absolute Gasteiger partial charge is 0.221 e. The Labute approximate surface area is 112 Å². The van der Waals surface area contributed by atoms with Gasteiger partial charge in [0.2, 0.25) is 11.9 Å². The van der Waals surface area contributed by atoms with Gasteiger partial charge in [0.25, 0.3) is 0 Å². The van der Waals surface area contributed by atoms with Crippen molar-refractivity contribution in [2.75, 3.05) is 12.3 Å². The fraction of sp³-hybridized carbons (Fsp3) is 0.429. The molecule has 0 atom stereocenters. The second kappa shape index (κ2) is 5.73. The summed E-state index contributed by atoms with van der Waals surface area (Å²) in [5, 5.41) is 2.86. The van der Waals surface area contributed by atoms with Crippen molar-refractivity contribution in [1.29, 1.82) is 0 Å². The Morgan fingerprint density at radius 2 is 2.26 bits per heavy atom. The molecule has 3 N–H and O–H groups in total. The van der Waals surface area contributed by atoms with E-state index in [1.807, 2.05) is 36.6 Å². The number of carbonyl (C=O) groups is 1. The van der Waals surface area contributed by atoms with Crippen molar-refractivity contribution in [3.8, 4) is 0 Å². The number of carbonyl (C=O) groups excluding carboxylic acids is 1. The molecular weight excluding hydrogens is 240 g/mol. The summed E-state index contributed by atoms with van der Waals surface area (Å²) < 4.78 is 1.90. The lowest BCUT2D eigenvalue weighted by Crippen LogP contribution is -2.25. The summed E-state index contributed by atoms with van der Waals surface area (Å²) in [6.07, 6.45) is 1.37. The average molecular weight is 260 g/mol. The highest BCUT2D eigenvalue weighted by molar-refractivity contribution is 5.82. The molecule has 0 bridgehead atoms. The summed E-state index contributed by atoms with van der Waals surface area (Å²) in [5.74, 6) is 0.517. The number of aryl methyl sites for hydroxylation is 2. The van der Waals surface area contributed by atoms with E-state index in [4.69, 9.17) is 5.73 Å². The Balaban J connectivity index is 2.15. The quantitative estimate of drug-likeness (QED) is 0.861. The van der Waals surface area contributed by atoms with Crippen LogP contribution >= 0.6 is 0 Å². The number of amides is 1. The maximum absolute atomic E-state index is 11.6. The van der Waals surface area contributed by atoms with Gasteiger partial charge in [-0.25, -0.2) is 4.98 Å². The fourth-order valence-corrected chi connectivity index (χ4v) is 2.11. The molecule has 5 heteroatoms. The molecule has 0 fully saturated rings. The minimum atomic E-state index is 0.0516. The van der Waals surface area contributed by atoms with Gasteiger partial charge in [-0.05, 0) is 25.0 Å². The summed E-state index contributed by atoms with van der Waals surface area (Å²) in [6.45, 7) is 5.32. The van der Waals surface area contributed by atoms with E-state index >= 15 is 0 Å². The molecule has 1 heterocycles. The van der Waals surface area contributed by atoms with E-state index in [1.165, 1.54) is 0 Å². The first-order valence-corrected chi connectivity index (χ1v) is 6.61. The molecule has 0 spiro atoms. The lowest BCUT2D eigenvalue weighted by Gasteiger charge is -2.07. The van der Waals surface area contributed by atoms with E-state index in [0.29, 0.717) is 18.9 Å². The van der Waals surface area contributed by atoms with Crippen LogP contribution in [0.4, 0.5) is 5.95 Å². The summed E-state index contributed by atoms with van der Waals surface area (Å²) in [5.41, 5.74) is 8.92. The standard InChI is InChI=1S/C14H20N4O/c1-3-8-16-12(19)7-9-18-11-6-4-5-10(2)13(11)17-14(18)15/h4-6H,3,7-9H2,1-2H3,(H2,15,17)(H,16,19). The molecular formula is C14H20N4O. The van der Waals surface area contributed by atoms with Crippen molar-refractivity contribution >= 4 is 22.9 Å². The van der Waals surface area contributed by atoms with Crippen molar-refractivity contribution in [2.24, 2.45) is 0 Å². The number of benzene rings is 1. The van der Waals surface area contributed by atoms with Crippen LogP contribution < -0.4 is 11.1 Å². The molecule has 2 rings (SSSR count). The van der Waals surface area contributed by atoms with Crippen LogP contribution in [-0.2, 0) is 11.3 Å². The molecule has 1 amide bonds. The molecule has 1 aromatic carbocycles. The number of imidazole rings is 1. The Kier molecular flexibility index (Phi) is 4.04. The minimum Gasteiger partial charge on any atom is -0.369 e. The highest BCUT2D eigenvalue weighted by atomic mass is 16.1. The van der Waals surface area contributed by atoms with Gasteiger partial charge in [-0.1, -0.05) is 19.1 Å². The van der Waals surface area contributed by atoms with Gasteiger partial charge in [0, 0.05) is 19.5 Å². The third-order valence-corrected chi connectivity index (χ3v) is 3.14. The number of nitrogens with two attached hydrogens (primary N) is 1. The maximum Gasteiger partial charge on any atom is 0.221 e. The van der Waals surface area contributed by atoms with E-state index in [2.05, 4.69) is 10.3 Å². The third-order valence-electron chi connectivity index (χ3n) is 3.14. The van der Waals surface area contributed by atoms with Gasteiger partial charge in [-0.15, -0.1) is 0 Å². The van der Waals surface area contributed by atoms with Crippen molar-refractivity contribution in [3.05, 3.63) is 23.8 Å². The van der Waals surface area contributed by atoms with Crippen molar-refractivity contribution < 1.29 is 4.79 Å². The second-order valence-corrected chi connectivity index (χ2v) is 4.66. The molecule has 102 valence electrons. The minimum absolute atomic E-state index is 0.0516. The molecule has 0 aliphatic rings. The number of nitrogens with zero attached hydrogens (tertiary/aromatic N) is 2. The average Bonchev–Trinajstić information content (AvgIpc) is 2.71. The van der Waals surface area contributed by atoms with Crippen LogP contribution in [-0.4, -0.2) is 22.0 Å². The van der Waals surface area contributed by atoms with Gasteiger partial charge in [-0.2, -0.15) is 0 Å². The predicted molar refractivity (Wildman–Crippen MR) is 76.8 cm³/mol. The van der Waals surface area contributed by atoms with Crippen LogP contribution in [0.25, 0.3) is 11.0 Å². The first-order chi connectivity index (χ1) is 9.13. The van der Waals surface area contributed by atoms with E-state index in [1.54, 1.807) is 0 Å². The molecule has 5 nitrogen and oxygen atoms in total. The van der Waals surface area contributed by atoms with Crippen LogP contribution in [0.3, 0.4) is 0 Å². The zero-order valence-electron chi connectivity index (χ0n) is 11.4. The van der Waals surface area contributed by atoms with Crippen LogP contribution in [0.5, 0.6) is 0 Å². The summed E-state index contributed by atoms with van der Waals surface area (Å²) in [4.78, 5) is 16.0. The van der Waals surface area contributed by atoms with E-state index < -0.39 is 0 Å². The normalized spacial score (nSPS) is 10.8. The lowest BCUT2D eigenvalue weighted by molar-refractivity contribution is -0.121. The van der Waals surface area contributed by atoms with Gasteiger partial charge >= 0.3 is 0 Å². The fourth-order valence-electron chi connectivity index (χ4n) is 2.11. The molecule has 0 aliphatic carbocycles. The van der Waals surface area contributed by atoms with E-state index in [0.717, 1.165) is 29.6 Å². The molecule has 0 saturated heterocycles. The van der Waals surface area contributed by atoms with Crippen LogP contribution in [0.1, 0.15) is 25.3 Å². The predicted octanol–water partition coefficient (Wildman–Crippen LogP) is 1.84. The third kappa shape index (κ3) is 2.86. The number of hydrogen-bond acceptors (Lipinski definition) is 3. The molecule has 0 saturated carbocycles. The summed E-state index contributed by atoms with van der Waals surface area (Å²) in [6, 6.07) is 5.97. The van der Waals surface area contributed by atoms with Crippen molar-refractivity contribution in [1.82, 2.24) is 14.9 Å². The number of fused-ring (bicyclic) bond motifs is 1. The number of para-hydroxylation sites is 1. The summed E-state index contributed by atoms with van der Waals surface area (Å²) in [7, 11) is 0. The number of nitrogens with one attached hydrogen (secondary N) is 1. The first kappa shape index (κ1) is 13.4. The van der Waals surface area contributed by atoms with Crippen LogP contribution in [0, 0.1) is 6.92 Å². The first-order valence-electron chi connectivity index (χ1n) is 6.61. The molecule has 0 unspecified atom stereocenters. The Bertz CT molecular complexity index is 588. The van der Waals surface area contributed by atoms with Gasteiger partial charge in [0.1, 0.15) is 0 Å². The van der Waals surface area contributed by atoms with Crippen LogP contribution in [0.2, 0.25) is 0 Å². The van der Waals surface area contributed by atoms with Gasteiger partial charge in [0.15, 0.2) is 0 Å². The zero-order chi connectivity index (χ0) is 13.8. The second-order valence-electron chi connectivity index (χ2n) is 4.66. The van der Waals surface area contributed by atoms with Gasteiger partial charge in [-0.3, -0.25) is 4.79 Å². The molecule has 0 radical (unpaired) electrons. The van der Waals surface area contributed by atoms with Crippen molar-refractivity contribution in [2.45, 2.75) is 33.2 Å². The summed E-state index contributed by atoms with van der Waals surface area (Å²) >= 11 is 0. The molecule has 1 aromatic heterocycles. The van der Waals surface area contributed by atoms with Gasteiger partial charge < -0.3 is 15.6 Å². The molecule has 0 aliphatic heterocycles. The highest BCUT2D eigenvalue weighted by Gasteiger charge is 2.10. The number of nitrogen functional groups attached to an aromatic ring is 1. The number of rotatable bonds is 5. The van der Waals surface area contributed by atoms with E-state index in [-0.39, 0.29) is 5.91 Å². The largest absolute Gasteiger partial charge is 0.369 e. The number of aromatic nitrogens is 2. The molecule has 19 heavy (non-hydrogen) atoms. The Hall–Kier alpha value is -2.04. The maximum atomic E-state index is 11.6. The zero-order valence-corrected chi connectivity index (χ0v) is 11.4. The lowest BCUT2D eigenvalue weighted by atomic mass is 10.2. The SMILES string of the molecule is CCCNC(=O)CCn1c(N)nc2c(C)cccc21. The van der Waals surface area contributed by atoms with Crippen LogP contribution in [0.15, 0.2) is 18.2 Å². The Morgan fingerprint density at radius 1 is 1.47 bits per heavy atom. The number of hydrogen-bond donors (Lipinski definition) is 2. The van der Waals surface area contributed by atoms with Gasteiger partial charge in [0.05, 0.1) is 11.0 Å². The molecule has 2 aromatic rings. The highest BCUT2D eigenvalue weighted by Crippen LogP contribution is 2.21. The number of anilines is 1. The van der Waals surface area contributed by atoms with E-state index in [9.17, 15) is 4.79 Å². The Morgan fingerprint density at radius 3 is 3.00 bits per heavy atom. The topological polar surface area (TPSA) is 72.9 Å².